The Bertz CT molecular complexity index is 895. The lowest BCUT2D eigenvalue weighted by atomic mass is 9.98. The summed E-state index contributed by atoms with van der Waals surface area (Å²) in [6.45, 7) is 1.31. The zero-order valence-corrected chi connectivity index (χ0v) is 15.7. The minimum absolute atomic E-state index is 0.238. The molecule has 4 heteroatoms. The first-order chi connectivity index (χ1) is 13.6. The average molecular weight is 373 g/mol. The second-order valence-corrected chi connectivity index (χ2v) is 6.56. The van der Waals surface area contributed by atoms with E-state index in [0.29, 0.717) is 12.0 Å². The van der Waals surface area contributed by atoms with Gasteiger partial charge in [-0.15, -0.1) is 0 Å². The number of amides is 1. The van der Waals surface area contributed by atoms with Gasteiger partial charge in [-0.25, -0.2) is 0 Å². The number of hydrogen-bond donors (Lipinski definition) is 1. The van der Waals surface area contributed by atoms with Crippen molar-refractivity contribution in [3.63, 3.8) is 0 Å². The van der Waals surface area contributed by atoms with Crippen LogP contribution in [0.15, 0.2) is 91.0 Å². The smallest absolute Gasteiger partial charge is 0.303 e. The molecule has 28 heavy (non-hydrogen) atoms. The minimum Gasteiger partial charge on any atom is -0.447 e. The van der Waals surface area contributed by atoms with Gasteiger partial charge in [-0.2, -0.15) is 0 Å². The molecule has 0 radical (unpaired) electrons. The van der Waals surface area contributed by atoms with Gasteiger partial charge in [0.2, 0.25) is 6.10 Å². The Morgan fingerprint density at radius 3 is 1.82 bits per heavy atom. The molecule has 3 rings (SSSR count). The average Bonchev–Trinajstić information content (AvgIpc) is 2.73. The van der Waals surface area contributed by atoms with E-state index < -0.39 is 12.1 Å². The van der Waals surface area contributed by atoms with E-state index in [2.05, 4.69) is 5.32 Å². The van der Waals surface area contributed by atoms with Gasteiger partial charge < -0.3 is 10.1 Å². The second-order valence-electron chi connectivity index (χ2n) is 6.56. The van der Waals surface area contributed by atoms with Crippen molar-refractivity contribution in [2.45, 2.75) is 25.5 Å². The van der Waals surface area contributed by atoms with Gasteiger partial charge in [-0.05, 0) is 17.5 Å². The summed E-state index contributed by atoms with van der Waals surface area (Å²) in [6.07, 6.45) is -0.348. The van der Waals surface area contributed by atoms with Crippen LogP contribution in [0.25, 0.3) is 0 Å². The largest absolute Gasteiger partial charge is 0.447 e. The van der Waals surface area contributed by atoms with Gasteiger partial charge in [0.25, 0.3) is 5.91 Å². The molecule has 0 saturated heterocycles. The fraction of sp³-hybridized carbons (Fsp3) is 0.167. The summed E-state index contributed by atoms with van der Waals surface area (Å²) < 4.78 is 5.33. The molecule has 0 aliphatic rings. The first-order valence-electron chi connectivity index (χ1n) is 9.25. The molecule has 0 heterocycles. The molecule has 4 nitrogen and oxygen atoms in total. The van der Waals surface area contributed by atoms with Gasteiger partial charge in [0, 0.05) is 12.5 Å². The zero-order chi connectivity index (χ0) is 19.8. The summed E-state index contributed by atoms with van der Waals surface area (Å²) in [5.74, 6) is -0.838. The van der Waals surface area contributed by atoms with Gasteiger partial charge in [0.1, 0.15) is 0 Å². The number of ether oxygens (including phenoxy) is 1. The monoisotopic (exact) mass is 373 g/mol. The molecule has 0 unspecified atom stereocenters. The highest BCUT2D eigenvalue weighted by atomic mass is 16.5. The highest BCUT2D eigenvalue weighted by Crippen LogP contribution is 2.23. The summed E-state index contributed by atoms with van der Waals surface area (Å²) in [5.41, 5.74) is 2.75. The molecule has 0 bridgehead atoms. The summed E-state index contributed by atoms with van der Waals surface area (Å²) >= 11 is 0. The standard InChI is InChI=1S/C24H23NO3/c1-18(26)28-23(21-15-9-4-10-16-21)24(27)25-22(20-13-7-3-8-14-20)17-19-11-5-2-6-12-19/h2-16,22-23H,17H2,1H3,(H,25,27)/t22-,23-/m1/s1. The number of rotatable bonds is 7. The van der Waals surface area contributed by atoms with Crippen LogP contribution in [-0.2, 0) is 20.7 Å². The molecule has 3 aromatic carbocycles. The topological polar surface area (TPSA) is 55.4 Å². The fourth-order valence-corrected chi connectivity index (χ4v) is 3.10. The van der Waals surface area contributed by atoms with E-state index in [1.54, 1.807) is 12.1 Å². The zero-order valence-electron chi connectivity index (χ0n) is 15.7. The van der Waals surface area contributed by atoms with Gasteiger partial charge in [-0.3, -0.25) is 9.59 Å². The van der Waals surface area contributed by atoms with E-state index in [1.807, 2.05) is 78.9 Å². The predicted molar refractivity (Wildman–Crippen MR) is 108 cm³/mol. The molecule has 2 atom stereocenters. The molecule has 1 N–H and O–H groups in total. The van der Waals surface area contributed by atoms with E-state index in [1.165, 1.54) is 6.92 Å². The lowest BCUT2D eigenvalue weighted by Crippen LogP contribution is -2.35. The molecule has 0 saturated carbocycles. The van der Waals surface area contributed by atoms with Crippen molar-refractivity contribution < 1.29 is 14.3 Å². The van der Waals surface area contributed by atoms with E-state index in [0.717, 1.165) is 11.1 Å². The number of hydrogen-bond acceptors (Lipinski definition) is 3. The first-order valence-corrected chi connectivity index (χ1v) is 9.25. The lowest BCUT2D eigenvalue weighted by Gasteiger charge is -2.23. The summed E-state index contributed by atoms with van der Waals surface area (Å²) in [5, 5.41) is 3.07. The van der Waals surface area contributed by atoms with Crippen LogP contribution in [-0.4, -0.2) is 11.9 Å². The molecule has 142 valence electrons. The van der Waals surface area contributed by atoms with Gasteiger partial charge in [0.15, 0.2) is 0 Å². The quantitative estimate of drug-likeness (QED) is 0.625. The molecular weight excluding hydrogens is 350 g/mol. The SMILES string of the molecule is CC(=O)O[C@@H](C(=O)N[C@H](Cc1ccccc1)c1ccccc1)c1ccccc1. The van der Waals surface area contributed by atoms with Crippen molar-refractivity contribution in [3.8, 4) is 0 Å². The van der Waals surface area contributed by atoms with Crippen LogP contribution in [0, 0.1) is 0 Å². The van der Waals surface area contributed by atoms with Crippen molar-refractivity contribution in [1.29, 1.82) is 0 Å². The summed E-state index contributed by atoms with van der Waals surface area (Å²) in [7, 11) is 0. The Hall–Kier alpha value is -3.40. The van der Waals surface area contributed by atoms with Crippen molar-refractivity contribution in [2.75, 3.05) is 0 Å². The maximum atomic E-state index is 13.1. The minimum atomic E-state index is -0.985. The summed E-state index contributed by atoms with van der Waals surface area (Å²) in [4.78, 5) is 24.6. The third-order valence-corrected chi connectivity index (χ3v) is 4.43. The van der Waals surface area contributed by atoms with Gasteiger partial charge in [0.05, 0.1) is 6.04 Å². The van der Waals surface area contributed by atoms with Crippen LogP contribution >= 0.6 is 0 Å². The fourth-order valence-electron chi connectivity index (χ4n) is 3.10. The number of benzene rings is 3. The first kappa shape index (κ1) is 19.4. The van der Waals surface area contributed by atoms with Crippen LogP contribution < -0.4 is 5.32 Å². The molecular formula is C24H23NO3. The lowest BCUT2D eigenvalue weighted by molar-refractivity contribution is -0.154. The van der Waals surface area contributed by atoms with Crippen LogP contribution in [0.4, 0.5) is 0 Å². The van der Waals surface area contributed by atoms with Crippen LogP contribution in [0.1, 0.15) is 35.8 Å². The predicted octanol–water partition coefficient (Wildman–Crippen LogP) is 4.39. The normalized spacial score (nSPS) is 12.6. The Balaban J connectivity index is 1.85. The van der Waals surface area contributed by atoms with Crippen molar-refractivity contribution in [1.82, 2.24) is 5.32 Å². The third kappa shape index (κ3) is 5.30. The van der Waals surface area contributed by atoms with E-state index in [4.69, 9.17) is 4.74 Å². The molecule has 3 aromatic rings. The highest BCUT2D eigenvalue weighted by Gasteiger charge is 2.26. The molecule has 1 amide bonds. The Kier molecular flexibility index (Phi) is 6.58. The molecule has 0 aliphatic carbocycles. The van der Waals surface area contributed by atoms with Crippen LogP contribution in [0.5, 0.6) is 0 Å². The number of carbonyl (C=O) groups is 2. The Morgan fingerprint density at radius 2 is 1.29 bits per heavy atom. The molecule has 0 aliphatic heterocycles. The Morgan fingerprint density at radius 1 is 0.786 bits per heavy atom. The van der Waals surface area contributed by atoms with Gasteiger partial charge in [-0.1, -0.05) is 91.0 Å². The Labute approximate surface area is 165 Å². The van der Waals surface area contributed by atoms with Crippen LogP contribution in [0.2, 0.25) is 0 Å². The third-order valence-electron chi connectivity index (χ3n) is 4.43. The number of carbonyl (C=O) groups excluding carboxylic acids is 2. The van der Waals surface area contributed by atoms with Crippen molar-refractivity contribution in [2.24, 2.45) is 0 Å². The maximum absolute atomic E-state index is 13.1. The number of esters is 1. The van der Waals surface area contributed by atoms with Crippen LogP contribution in [0.3, 0.4) is 0 Å². The van der Waals surface area contributed by atoms with E-state index >= 15 is 0 Å². The highest BCUT2D eigenvalue weighted by molar-refractivity contribution is 5.85. The molecule has 0 fully saturated rings. The van der Waals surface area contributed by atoms with E-state index in [-0.39, 0.29) is 11.9 Å². The van der Waals surface area contributed by atoms with E-state index in [9.17, 15) is 9.59 Å². The second kappa shape index (κ2) is 9.51. The molecule has 0 aromatic heterocycles. The summed E-state index contributed by atoms with van der Waals surface area (Å²) in [6, 6.07) is 28.6. The maximum Gasteiger partial charge on any atom is 0.303 e. The van der Waals surface area contributed by atoms with Crippen molar-refractivity contribution >= 4 is 11.9 Å². The number of nitrogens with one attached hydrogen (secondary N) is 1. The van der Waals surface area contributed by atoms with Crippen molar-refractivity contribution in [3.05, 3.63) is 108 Å². The van der Waals surface area contributed by atoms with Gasteiger partial charge >= 0.3 is 5.97 Å². The molecule has 0 spiro atoms.